The normalized spacial score (nSPS) is 12.4. The average Bonchev–Trinajstić information content (AvgIpc) is 3.47. The molecular formula is C76H138O6. The van der Waals surface area contributed by atoms with Crippen molar-refractivity contribution in [3.05, 3.63) is 60.8 Å². The molecule has 0 saturated heterocycles. The van der Waals surface area contributed by atoms with Gasteiger partial charge in [-0.15, -0.1) is 0 Å². The second-order valence-electron chi connectivity index (χ2n) is 24.5. The van der Waals surface area contributed by atoms with Crippen LogP contribution in [0.2, 0.25) is 0 Å². The van der Waals surface area contributed by atoms with Gasteiger partial charge in [-0.25, -0.2) is 0 Å². The number of hydrogen-bond acceptors (Lipinski definition) is 6. The van der Waals surface area contributed by atoms with Crippen LogP contribution in [0, 0.1) is 0 Å². The highest BCUT2D eigenvalue weighted by Crippen LogP contribution is 2.19. The van der Waals surface area contributed by atoms with Crippen LogP contribution in [0.3, 0.4) is 0 Å². The second kappa shape index (κ2) is 70.6. The van der Waals surface area contributed by atoms with Gasteiger partial charge in [0.1, 0.15) is 13.2 Å². The fraction of sp³-hybridized carbons (Fsp3) is 0.829. The molecule has 0 aromatic rings. The smallest absolute Gasteiger partial charge is 0.310 e. The van der Waals surface area contributed by atoms with E-state index in [9.17, 15) is 14.4 Å². The maximum atomic E-state index is 12.8. The van der Waals surface area contributed by atoms with Crippen LogP contribution >= 0.6 is 0 Å². The van der Waals surface area contributed by atoms with Crippen molar-refractivity contribution in [1.82, 2.24) is 0 Å². The molecule has 0 aliphatic rings. The lowest BCUT2D eigenvalue weighted by Crippen LogP contribution is -2.30. The summed E-state index contributed by atoms with van der Waals surface area (Å²) >= 11 is 0. The molecule has 1 unspecified atom stereocenters. The molecule has 0 heterocycles. The van der Waals surface area contributed by atoms with Crippen LogP contribution in [0.1, 0.15) is 387 Å². The number of esters is 3. The van der Waals surface area contributed by atoms with Crippen molar-refractivity contribution in [2.75, 3.05) is 13.2 Å². The van der Waals surface area contributed by atoms with Gasteiger partial charge in [-0.3, -0.25) is 14.4 Å². The lowest BCUT2D eigenvalue weighted by Gasteiger charge is -2.18. The van der Waals surface area contributed by atoms with Gasteiger partial charge in [-0.2, -0.15) is 0 Å². The summed E-state index contributed by atoms with van der Waals surface area (Å²) < 4.78 is 16.8. The van der Waals surface area contributed by atoms with E-state index in [0.29, 0.717) is 12.8 Å². The Morgan fingerprint density at radius 2 is 0.463 bits per heavy atom. The van der Waals surface area contributed by atoms with Gasteiger partial charge in [0.05, 0.1) is 6.42 Å². The van der Waals surface area contributed by atoms with Gasteiger partial charge in [0.25, 0.3) is 0 Å². The van der Waals surface area contributed by atoms with E-state index in [0.717, 1.165) is 70.6 Å². The zero-order valence-electron chi connectivity index (χ0n) is 55.0. The maximum Gasteiger partial charge on any atom is 0.310 e. The molecule has 0 spiro atoms. The number of ether oxygens (including phenoxy) is 3. The molecule has 6 nitrogen and oxygen atoms in total. The number of carbonyl (C=O) groups excluding carboxylic acids is 3. The molecule has 0 bridgehead atoms. The lowest BCUT2D eigenvalue weighted by molar-refractivity contribution is -0.166. The first-order valence-corrected chi connectivity index (χ1v) is 36.3. The highest BCUT2D eigenvalue weighted by atomic mass is 16.6. The molecule has 1 atom stereocenters. The van der Waals surface area contributed by atoms with Gasteiger partial charge in [0.2, 0.25) is 0 Å². The molecule has 6 heteroatoms. The van der Waals surface area contributed by atoms with Crippen molar-refractivity contribution < 1.29 is 28.6 Å². The standard InChI is InChI=1S/C76H138O6/c1-4-7-10-13-16-19-22-25-28-29-30-31-32-33-34-35-36-37-38-39-40-41-42-43-44-45-46-47-49-51-54-57-60-63-66-69-75(78)81-72-73(71-80-74(77)68-65-62-59-56-53-50-27-24-21-18-15-12-9-6-3)82-76(79)70-67-64-61-58-55-52-48-26-23-20-17-14-11-8-5-2/h8,11,17,20,26,48,55,58,64,67,73H,4-7,9-10,12-16,18-19,21-25,27-47,49-54,56-57,59-63,65-66,68-72H2,1-3H3/b11-8-,20-17-,48-26-,58-55-,67-64-. The van der Waals surface area contributed by atoms with Crippen molar-refractivity contribution in [2.45, 2.75) is 393 Å². The highest BCUT2D eigenvalue weighted by molar-refractivity contribution is 5.72. The first-order valence-electron chi connectivity index (χ1n) is 36.3. The molecule has 0 aliphatic heterocycles. The lowest BCUT2D eigenvalue weighted by atomic mass is 10.0. The summed E-state index contributed by atoms with van der Waals surface area (Å²) in [5.41, 5.74) is 0. The molecule has 478 valence electrons. The Kier molecular flexibility index (Phi) is 68.1. The van der Waals surface area contributed by atoms with Crippen molar-refractivity contribution in [3.8, 4) is 0 Å². The zero-order chi connectivity index (χ0) is 59.2. The molecule has 0 amide bonds. The van der Waals surface area contributed by atoms with Crippen LogP contribution in [0.25, 0.3) is 0 Å². The molecule has 0 N–H and O–H groups in total. The van der Waals surface area contributed by atoms with Crippen molar-refractivity contribution in [2.24, 2.45) is 0 Å². The van der Waals surface area contributed by atoms with E-state index in [-0.39, 0.29) is 31.6 Å². The number of carbonyl (C=O) groups is 3. The Morgan fingerprint density at radius 1 is 0.256 bits per heavy atom. The van der Waals surface area contributed by atoms with Gasteiger partial charge in [-0.1, -0.05) is 383 Å². The SMILES string of the molecule is CC/C=C\C/C=C\C/C=C\C/C=C\C/C=C\CC(=O)OC(COC(=O)CCCCCCCCCCCCCCCC)COC(=O)CCCCCCCCCCCCCCCCCCCCCCCCCCCCCCCCCCCCC. The molecule has 0 rings (SSSR count). The molecule has 0 radical (unpaired) electrons. The second-order valence-corrected chi connectivity index (χ2v) is 24.5. The predicted octanol–water partition coefficient (Wildman–Crippen LogP) is 25.1. The Hall–Kier alpha value is -2.89. The van der Waals surface area contributed by atoms with E-state index < -0.39 is 12.1 Å². The third-order valence-corrected chi connectivity index (χ3v) is 16.3. The van der Waals surface area contributed by atoms with Gasteiger partial charge in [0, 0.05) is 12.8 Å². The Morgan fingerprint density at radius 3 is 0.695 bits per heavy atom. The quantitative estimate of drug-likeness (QED) is 0.0261. The van der Waals surface area contributed by atoms with Crippen molar-refractivity contribution in [3.63, 3.8) is 0 Å². The zero-order valence-corrected chi connectivity index (χ0v) is 55.0. The topological polar surface area (TPSA) is 78.9 Å². The molecule has 0 aromatic heterocycles. The summed E-state index contributed by atoms with van der Waals surface area (Å²) in [7, 11) is 0. The highest BCUT2D eigenvalue weighted by Gasteiger charge is 2.19. The van der Waals surface area contributed by atoms with Crippen LogP contribution in [0.15, 0.2) is 60.8 Å². The van der Waals surface area contributed by atoms with Crippen LogP contribution in [0.4, 0.5) is 0 Å². The van der Waals surface area contributed by atoms with Gasteiger partial charge in [0.15, 0.2) is 6.10 Å². The summed E-state index contributed by atoms with van der Waals surface area (Å²) in [6, 6.07) is 0. The summed E-state index contributed by atoms with van der Waals surface area (Å²) in [5.74, 6) is -1.02. The third-order valence-electron chi connectivity index (χ3n) is 16.3. The van der Waals surface area contributed by atoms with Gasteiger partial charge >= 0.3 is 17.9 Å². The summed E-state index contributed by atoms with van der Waals surface area (Å²) in [4.78, 5) is 38.3. The van der Waals surface area contributed by atoms with Crippen molar-refractivity contribution >= 4 is 17.9 Å². The van der Waals surface area contributed by atoms with Crippen LogP contribution in [-0.2, 0) is 28.6 Å². The molecule has 82 heavy (non-hydrogen) atoms. The monoisotopic (exact) mass is 1150 g/mol. The first-order chi connectivity index (χ1) is 40.5. The van der Waals surface area contributed by atoms with Gasteiger partial charge < -0.3 is 14.2 Å². The van der Waals surface area contributed by atoms with Crippen molar-refractivity contribution in [1.29, 1.82) is 0 Å². The van der Waals surface area contributed by atoms with E-state index in [1.165, 1.54) is 276 Å². The van der Waals surface area contributed by atoms with Crippen LogP contribution < -0.4 is 0 Å². The first kappa shape index (κ1) is 79.1. The minimum atomic E-state index is -0.826. The van der Waals surface area contributed by atoms with E-state index >= 15 is 0 Å². The minimum absolute atomic E-state index is 0.102. The molecule has 0 fully saturated rings. The third kappa shape index (κ3) is 67.9. The molecule has 0 aliphatic carbocycles. The molecule has 0 aromatic carbocycles. The maximum absolute atomic E-state index is 12.8. The van der Waals surface area contributed by atoms with Crippen LogP contribution in [0.5, 0.6) is 0 Å². The fourth-order valence-corrected chi connectivity index (χ4v) is 10.9. The Labute approximate surface area is 510 Å². The summed E-state index contributed by atoms with van der Waals surface area (Å²) in [5, 5.41) is 0. The largest absolute Gasteiger partial charge is 0.462 e. The Bertz CT molecular complexity index is 1460. The number of unbranched alkanes of at least 4 members (excludes halogenated alkanes) is 47. The summed E-state index contributed by atoms with van der Waals surface area (Å²) in [6.07, 6.45) is 91.8. The number of hydrogen-bond donors (Lipinski definition) is 0. The summed E-state index contributed by atoms with van der Waals surface area (Å²) in [6.45, 7) is 6.50. The van der Waals surface area contributed by atoms with E-state index in [4.69, 9.17) is 14.2 Å². The Balaban J connectivity index is 4.10. The number of rotatable bonds is 67. The predicted molar refractivity (Wildman–Crippen MR) is 358 cm³/mol. The van der Waals surface area contributed by atoms with E-state index in [1.807, 2.05) is 6.08 Å². The average molecular weight is 1150 g/mol. The van der Waals surface area contributed by atoms with E-state index in [2.05, 4.69) is 69.4 Å². The van der Waals surface area contributed by atoms with E-state index in [1.54, 1.807) is 6.08 Å². The fourth-order valence-electron chi connectivity index (χ4n) is 10.9. The number of allylic oxidation sites excluding steroid dienone is 9. The molecular weight excluding hydrogens is 1010 g/mol. The van der Waals surface area contributed by atoms with Crippen LogP contribution in [-0.4, -0.2) is 37.2 Å². The van der Waals surface area contributed by atoms with Gasteiger partial charge in [-0.05, 0) is 44.9 Å². The minimum Gasteiger partial charge on any atom is -0.462 e. The molecule has 0 saturated carbocycles.